The number of hydrogen-bond donors (Lipinski definition) is 0. The third-order valence-corrected chi connectivity index (χ3v) is 8.20. The zero-order chi connectivity index (χ0) is 26.3. The van der Waals surface area contributed by atoms with Crippen molar-refractivity contribution < 1.29 is 22.3 Å². The van der Waals surface area contributed by atoms with Crippen LogP contribution in [0, 0.1) is 5.82 Å². The van der Waals surface area contributed by atoms with E-state index in [1.165, 1.54) is 29.1 Å². The molecule has 0 amide bonds. The molecule has 7 heteroatoms. The van der Waals surface area contributed by atoms with E-state index in [-0.39, 0.29) is 12.4 Å². The predicted octanol–water partition coefficient (Wildman–Crippen LogP) is 7.63. The Hall–Kier alpha value is -3.16. The monoisotopic (exact) mass is 522 g/mol. The quantitative estimate of drug-likeness (QED) is 0.191. The van der Waals surface area contributed by atoms with E-state index < -0.39 is 17.3 Å². The van der Waals surface area contributed by atoms with Gasteiger partial charge in [-0.2, -0.15) is 13.2 Å². The van der Waals surface area contributed by atoms with Gasteiger partial charge in [-0.05, 0) is 91.7 Å². The Morgan fingerprint density at radius 3 is 2.39 bits per heavy atom. The number of fused-ring (bicyclic) bond motifs is 3. The lowest BCUT2D eigenvalue weighted by molar-refractivity contribution is -0.138. The third kappa shape index (κ3) is 4.63. The van der Waals surface area contributed by atoms with Gasteiger partial charge in [0.25, 0.3) is 0 Å². The molecular formula is C31H30F4N2O. The van der Waals surface area contributed by atoms with Gasteiger partial charge in [0.05, 0.1) is 23.3 Å². The fourth-order valence-electron chi connectivity index (χ4n) is 6.19. The van der Waals surface area contributed by atoms with Gasteiger partial charge in [0.1, 0.15) is 5.82 Å². The minimum atomic E-state index is -4.35. The van der Waals surface area contributed by atoms with Gasteiger partial charge >= 0.3 is 6.18 Å². The zero-order valence-electron chi connectivity index (χ0n) is 21.1. The van der Waals surface area contributed by atoms with Crippen LogP contribution in [-0.4, -0.2) is 29.1 Å². The third-order valence-electron chi connectivity index (χ3n) is 8.20. The number of hydrogen-bond acceptors (Lipinski definition) is 2. The van der Waals surface area contributed by atoms with E-state index in [0.717, 1.165) is 61.7 Å². The highest BCUT2D eigenvalue weighted by molar-refractivity contribution is 5.85. The summed E-state index contributed by atoms with van der Waals surface area (Å²) in [4.78, 5) is 2.40. The number of likely N-dealkylation sites (tertiary alicyclic amines) is 1. The molecule has 3 nitrogen and oxygen atoms in total. The summed E-state index contributed by atoms with van der Waals surface area (Å²) in [5, 5.41) is 1.21. The van der Waals surface area contributed by atoms with E-state index >= 15 is 0 Å². The molecule has 38 heavy (non-hydrogen) atoms. The highest BCUT2D eigenvalue weighted by Gasteiger charge is 2.46. The number of halogens is 4. The molecule has 198 valence electrons. The Balaban J connectivity index is 1.06. The summed E-state index contributed by atoms with van der Waals surface area (Å²) in [6.07, 6.45) is 2.26. The molecule has 3 heterocycles. The van der Waals surface area contributed by atoms with Crippen LogP contribution >= 0.6 is 0 Å². The van der Waals surface area contributed by atoms with Crippen molar-refractivity contribution in [1.29, 1.82) is 0 Å². The minimum Gasteiger partial charge on any atom is -0.365 e. The zero-order valence-corrected chi connectivity index (χ0v) is 21.1. The van der Waals surface area contributed by atoms with Gasteiger partial charge in [-0.15, -0.1) is 0 Å². The van der Waals surface area contributed by atoms with Crippen molar-refractivity contribution in [3.8, 4) is 5.69 Å². The van der Waals surface area contributed by atoms with Gasteiger partial charge in [-0.3, -0.25) is 0 Å². The highest BCUT2D eigenvalue weighted by Crippen LogP contribution is 2.47. The molecule has 6 rings (SSSR count). The molecular weight excluding hydrogens is 492 g/mol. The average molecular weight is 523 g/mol. The van der Waals surface area contributed by atoms with Gasteiger partial charge in [0.2, 0.25) is 0 Å². The Labute approximate surface area is 219 Å². The molecule has 2 aliphatic heterocycles. The molecule has 0 bridgehead atoms. The second-order valence-corrected chi connectivity index (χ2v) is 10.4. The van der Waals surface area contributed by atoms with Crippen LogP contribution in [0.15, 0.2) is 72.9 Å². The van der Waals surface area contributed by atoms with Crippen molar-refractivity contribution in [2.45, 2.75) is 50.5 Å². The van der Waals surface area contributed by atoms with Crippen molar-refractivity contribution in [2.75, 3.05) is 19.6 Å². The number of piperidine rings is 1. The van der Waals surface area contributed by atoms with Crippen LogP contribution in [0.2, 0.25) is 0 Å². The maximum Gasteiger partial charge on any atom is 0.416 e. The molecule has 0 unspecified atom stereocenters. The van der Waals surface area contributed by atoms with E-state index in [4.69, 9.17) is 4.74 Å². The summed E-state index contributed by atoms with van der Waals surface area (Å²) in [7, 11) is 0. The fourth-order valence-corrected chi connectivity index (χ4v) is 6.19. The Morgan fingerprint density at radius 2 is 1.63 bits per heavy atom. The standard InChI is InChI=1S/C31H30F4N2O/c32-23-11-13-24(14-12-23)37-20-22(25-7-1-2-10-29(25)37)6-3-4-17-36-18-15-30(16-19-36)27-8-5-9-28(31(33,34)35)26(27)21-38-30/h1-2,5,7-14,20H,3-4,6,15-19,21H2. The van der Waals surface area contributed by atoms with Crippen LogP contribution in [0.25, 0.3) is 16.6 Å². The maximum atomic E-state index is 13.5. The van der Waals surface area contributed by atoms with Crippen molar-refractivity contribution in [3.05, 3.63) is 101 Å². The average Bonchev–Trinajstić information content (AvgIpc) is 3.47. The molecule has 3 aromatic carbocycles. The molecule has 1 spiro atoms. The van der Waals surface area contributed by atoms with E-state index in [1.54, 1.807) is 12.1 Å². The molecule has 1 saturated heterocycles. The molecule has 0 atom stereocenters. The van der Waals surface area contributed by atoms with E-state index in [0.29, 0.717) is 18.4 Å². The van der Waals surface area contributed by atoms with Crippen molar-refractivity contribution in [2.24, 2.45) is 0 Å². The second kappa shape index (κ2) is 9.86. The number of alkyl halides is 3. The normalized spacial score (nSPS) is 17.4. The highest BCUT2D eigenvalue weighted by atomic mass is 19.4. The molecule has 0 aliphatic carbocycles. The fraction of sp³-hybridized carbons (Fsp3) is 0.355. The first kappa shape index (κ1) is 25.1. The predicted molar refractivity (Wildman–Crippen MR) is 140 cm³/mol. The molecule has 1 aromatic heterocycles. The number of rotatable bonds is 6. The number of ether oxygens (including phenoxy) is 1. The molecule has 0 N–H and O–H groups in total. The number of nitrogens with zero attached hydrogens (tertiary/aromatic N) is 2. The van der Waals surface area contributed by atoms with E-state index in [1.807, 2.05) is 18.2 Å². The largest absolute Gasteiger partial charge is 0.416 e. The van der Waals surface area contributed by atoms with Gasteiger partial charge in [0, 0.05) is 30.4 Å². The van der Waals surface area contributed by atoms with Gasteiger partial charge in [0.15, 0.2) is 0 Å². The van der Waals surface area contributed by atoms with Crippen molar-refractivity contribution in [3.63, 3.8) is 0 Å². The lowest BCUT2D eigenvalue weighted by atomic mass is 9.82. The molecule has 0 saturated carbocycles. The molecule has 2 aliphatic rings. The maximum absolute atomic E-state index is 13.5. The summed E-state index contributed by atoms with van der Waals surface area (Å²) in [5.74, 6) is -0.246. The van der Waals surface area contributed by atoms with Crippen molar-refractivity contribution in [1.82, 2.24) is 9.47 Å². The van der Waals surface area contributed by atoms with Crippen LogP contribution in [0.4, 0.5) is 17.6 Å². The van der Waals surface area contributed by atoms with Crippen molar-refractivity contribution >= 4 is 10.9 Å². The summed E-state index contributed by atoms with van der Waals surface area (Å²) < 4.78 is 62.0. The number of aromatic nitrogens is 1. The van der Waals surface area contributed by atoms with Gasteiger partial charge < -0.3 is 14.2 Å². The topological polar surface area (TPSA) is 17.4 Å². The lowest BCUT2D eigenvalue weighted by Gasteiger charge is -2.39. The smallest absolute Gasteiger partial charge is 0.365 e. The summed E-state index contributed by atoms with van der Waals surface area (Å²) in [6, 6.07) is 19.3. The second-order valence-electron chi connectivity index (χ2n) is 10.4. The van der Waals surface area contributed by atoms with Crippen LogP contribution in [0.5, 0.6) is 0 Å². The lowest BCUT2D eigenvalue weighted by Crippen LogP contribution is -2.42. The Morgan fingerprint density at radius 1 is 0.868 bits per heavy atom. The van der Waals surface area contributed by atoms with Gasteiger partial charge in [-0.1, -0.05) is 30.3 Å². The van der Waals surface area contributed by atoms with Crippen LogP contribution < -0.4 is 0 Å². The van der Waals surface area contributed by atoms with Crippen LogP contribution in [0.1, 0.15) is 47.9 Å². The first-order chi connectivity index (χ1) is 18.3. The Bertz CT molecular complexity index is 1430. The van der Waals surface area contributed by atoms with Gasteiger partial charge in [-0.25, -0.2) is 4.39 Å². The summed E-state index contributed by atoms with van der Waals surface area (Å²) in [5.41, 5.74) is 3.22. The van der Waals surface area contributed by atoms with E-state index in [9.17, 15) is 17.6 Å². The van der Waals surface area contributed by atoms with Crippen LogP contribution in [-0.2, 0) is 29.5 Å². The number of aryl methyl sites for hydroxylation is 1. The first-order valence-corrected chi connectivity index (χ1v) is 13.2. The minimum absolute atomic E-state index is 0.0382. The number of unbranched alkanes of at least 4 members (excludes halogenated alkanes) is 1. The SMILES string of the molecule is Fc1ccc(-n2cc(CCCCN3CCC4(CC3)OCc3c(C(F)(F)F)cccc34)c3ccccc32)cc1. The molecule has 0 radical (unpaired) electrons. The Kier molecular flexibility index (Phi) is 6.52. The van der Waals surface area contributed by atoms with Crippen LogP contribution in [0.3, 0.4) is 0 Å². The number of benzene rings is 3. The summed E-state index contributed by atoms with van der Waals surface area (Å²) in [6.45, 7) is 2.64. The number of para-hydroxylation sites is 1. The molecule has 4 aromatic rings. The first-order valence-electron chi connectivity index (χ1n) is 13.2. The summed E-state index contributed by atoms with van der Waals surface area (Å²) >= 11 is 0. The van der Waals surface area contributed by atoms with E-state index in [2.05, 4.69) is 27.8 Å². The molecule has 1 fully saturated rings.